The van der Waals surface area contributed by atoms with Crippen molar-refractivity contribution in [3.63, 3.8) is 0 Å². The van der Waals surface area contributed by atoms with Gasteiger partial charge in [0, 0.05) is 5.92 Å². The van der Waals surface area contributed by atoms with Gasteiger partial charge in [-0.15, -0.1) is 0 Å². The fourth-order valence-electron chi connectivity index (χ4n) is 4.44. The molecular weight excluding hydrogens is 396 g/mol. The second kappa shape index (κ2) is 12.2. The van der Waals surface area contributed by atoms with Crippen molar-refractivity contribution in [3.8, 4) is 5.75 Å². The van der Waals surface area contributed by atoms with Gasteiger partial charge in [0.1, 0.15) is 25.1 Å². The van der Waals surface area contributed by atoms with Gasteiger partial charge in [-0.1, -0.05) is 30.4 Å². The molecule has 6 heteroatoms. The molecule has 0 bridgehead atoms. The molecule has 1 aliphatic carbocycles. The van der Waals surface area contributed by atoms with Crippen LogP contribution in [0.2, 0.25) is 0 Å². The minimum Gasteiger partial charge on any atom is -0.491 e. The molecule has 0 unspecified atom stereocenters. The molecule has 5 atom stereocenters. The third-order valence-corrected chi connectivity index (χ3v) is 5.95. The molecular formula is C25H36O6. The van der Waals surface area contributed by atoms with Crippen LogP contribution < -0.4 is 4.74 Å². The highest BCUT2D eigenvalue weighted by Crippen LogP contribution is 2.41. The maximum Gasteiger partial charge on any atom is 0.332 e. The first-order chi connectivity index (χ1) is 15.0. The van der Waals surface area contributed by atoms with Crippen molar-refractivity contribution in [2.45, 2.75) is 57.8 Å². The molecule has 2 aliphatic rings. The first kappa shape index (κ1) is 23.8. The lowest BCUT2D eigenvalue weighted by atomic mass is 9.88. The number of aliphatic hydroxyl groups is 1. The smallest absolute Gasteiger partial charge is 0.332 e. The van der Waals surface area contributed by atoms with Crippen LogP contribution in [-0.2, 0) is 19.0 Å². The third kappa shape index (κ3) is 7.95. The first-order valence-corrected chi connectivity index (χ1v) is 11.4. The number of aliphatic hydroxyl groups excluding tert-OH is 1. The molecule has 1 heterocycles. The van der Waals surface area contributed by atoms with Gasteiger partial charge in [0.25, 0.3) is 0 Å². The van der Waals surface area contributed by atoms with E-state index in [4.69, 9.17) is 18.9 Å². The van der Waals surface area contributed by atoms with Gasteiger partial charge in [0.2, 0.25) is 0 Å². The standard InChI is InChI=1S/C25H36O6/c1-18(2)31-25(27)17-28-14-19-8-12-23-20(10-13-24(23)30-15-19)9-11-21(26)16-29-22-6-4-3-5-7-22/h3-7,9,11,18-21,23-24,26H,8,10,12-17H2,1-2H3/b11-9+/t19-,20+,21-,23-,24+/m1/s1. The Labute approximate surface area is 185 Å². The van der Waals surface area contributed by atoms with Crippen LogP contribution in [0.15, 0.2) is 42.5 Å². The molecule has 172 valence electrons. The summed E-state index contributed by atoms with van der Waals surface area (Å²) >= 11 is 0. The highest BCUT2D eigenvalue weighted by atomic mass is 16.6. The van der Waals surface area contributed by atoms with Crippen LogP contribution in [0.25, 0.3) is 0 Å². The Kier molecular flexibility index (Phi) is 9.37. The summed E-state index contributed by atoms with van der Waals surface area (Å²) in [5.74, 6) is 1.62. The van der Waals surface area contributed by atoms with Crippen molar-refractivity contribution in [1.29, 1.82) is 0 Å². The number of esters is 1. The Balaban J connectivity index is 1.39. The number of hydrogen-bond donors (Lipinski definition) is 1. The summed E-state index contributed by atoms with van der Waals surface area (Å²) in [6.07, 6.45) is 7.75. The Morgan fingerprint density at radius 2 is 2.00 bits per heavy atom. The molecule has 6 nitrogen and oxygen atoms in total. The summed E-state index contributed by atoms with van der Waals surface area (Å²) in [4.78, 5) is 11.6. The second-order valence-electron chi connectivity index (χ2n) is 8.85. The van der Waals surface area contributed by atoms with Gasteiger partial charge in [-0.05, 0) is 63.5 Å². The molecule has 1 aromatic carbocycles. The van der Waals surface area contributed by atoms with Crippen molar-refractivity contribution < 1.29 is 28.8 Å². The van der Waals surface area contributed by atoms with E-state index >= 15 is 0 Å². The molecule has 0 radical (unpaired) electrons. The number of fused-ring (bicyclic) bond motifs is 1. The largest absolute Gasteiger partial charge is 0.491 e. The van der Waals surface area contributed by atoms with Crippen molar-refractivity contribution in [1.82, 2.24) is 0 Å². The van der Waals surface area contributed by atoms with Crippen molar-refractivity contribution >= 4 is 5.97 Å². The van der Waals surface area contributed by atoms with Gasteiger partial charge >= 0.3 is 5.97 Å². The molecule has 1 N–H and O–H groups in total. The summed E-state index contributed by atoms with van der Waals surface area (Å²) in [6.45, 7) is 5.09. The van der Waals surface area contributed by atoms with Crippen molar-refractivity contribution in [2.75, 3.05) is 26.4 Å². The fraction of sp³-hybridized carbons (Fsp3) is 0.640. The number of carbonyl (C=O) groups excluding carboxylic acids is 1. The van der Waals surface area contributed by atoms with Crippen LogP contribution >= 0.6 is 0 Å². The van der Waals surface area contributed by atoms with E-state index in [-0.39, 0.29) is 31.4 Å². The highest BCUT2D eigenvalue weighted by molar-refractivity contribution is 5.70. The van der Waals surface area contributed by atoms with E-state index in [0.717, 1.165) is 31.4 Å². The number of benzene rings is 1. The monoisotopic (exact) mass is 432 g/mol. The number of carbonyl (C=O) groups is 1. The number of allylic oxidation sites excluding steroid dienone is 1. The van der Waals surface area contributed by atoms with Gasteiger partial charge in [0.15, 0.2) is 0 Å². The molecule has 1 saturated heterocycles. The van der Waals surface area contributed by atoms with Gasteiger partial charge in [0.05, 0.1) is 25.4 Å². The number of ether oxygens (including phenoxy) is 4. The zero-order valence-corrected chi connectivity index (χ0v) is 18.7. The van der Waals surface area contributed by atoms with E-state index in [0.29, 0.717) is 31.0 Å². The van der Waals surface area contributed by atoms with Gasteiger partial charge in [-0.2, -0.15) is 0 Å². The predicted molar refractivity (Wildman–Crippen MR) is 118 cm³/mol. The van der Waals surface area contributed by atoms with Crippen LogP contribution in [0.1, 0.15) is 39.5 Å². The van der Waals surface area contributed by atoms with Crippen LogP contribution in [0.3, 0.4) is 0 Å². The second-order valence-corrected chi connectivity index (χ2v) is 8.85. The van der Waals surface area contributed by atoms with E-state index in [1.54, 1.807) is 0 Å². The average molecular weight is 433 g/mol. The molecule has 1 aromatic rings. The zero-order chi connectivity index (χ0) is 22.1. The van der Waals surface area contributed by atoms with E-state index < -0.39 is 6.10 Å². The molecule has 1 aliphatic heterocycles. The molecule has 0 spiro atoms. The maximum absolute atomic E-state index is 11.6. The number of hydrogen-bond acceptors (Lipinski definition) is 6. The van der Waals surface area contributed by atoms with Crippen LogP contribution in [-0.4, -0.2) is 55.8 Å². The van der Waals surface area contributed by atoms with Crippen molar-refractivity contribution in [3.05, 3.63) is 42.5 Å². The average Bonchev–Trinajstić information content (AvgIpc) is 3.02. The van der Waals surface area contributed by atoms with Crippen molar-refractivity contribution in [2.24, 2.45) is 17.8 Å². The summed E-state index contributed by atoms with van der Waals surface area (Å²) < 4.78 is 22.5. The van der Waals surface area contributed by atoms with Crippen LogP contribution in [0.5, 0.6) is 5.75 Å². The Morgan fingerprint density at radius 3 is 2.77 bits per heavy atom. The van der Waals surface area contributed by atoms with E-state index in [9.17, 15) is 9.90 Å². The van der Waals surface area contributed by atoms with E-state index in [1.807, 2.05) is 50.3 Å². The molecule has 1 saturated carbocycles. The molecule has 31 heavy (non-hydrogen) atoms. The third-order valence-electron chi connectivity index (χ3n) is 5.95. The molecule has 2 fully saturated rings. The summed E-state index contributed by atoms with van der Waals surface area (Å²) in [7, 11) is 0. The topological polar surface area (TPSA) is 74.2 Å². The Bertz CT molecular complexity index is 689. The quantitative estimate of drug-likeness (QED) is 0.448. The summed E-state index contributed by atoms with van der Waals surface area (Å²) in [5.41, 5.74) is 0. The molecule has 0 amide bonds. The Morgan fingerprint density at radius 1 is 1.19 bits per heavy atom. The predicted octanol–water partition coefficient (Wildman–Crippen LogP) is 3.77. The zero-order valence-electron chi connectivity index (χ0n) is 18.7. The lowest BCUT2D eigenvalue weighted by Gasteiger charge is -2.20. The van der Waals surface area contributed by atoms with Gasteiger partial charge in [-0.25, -0.2) is 4.79 Å². The van der Waals surface area contributed by atoms with Crippen LogP contribution in [0.4, 0.5) is 0 Å². The maximum atomic E-state index is 11.6. The lowest BCUT2D eigenvalue weighted by Crippen LogP contribution is -2.22. The van der Waals surface area contributed by atoms with Gasteiger partial charge in [-0.3, -0.25) is 0 Å². The summed E-state index contributed by atoms with van der Waals surface area (Å²) in [5, 5.41) is 10.3. The van der Waals surface area contributed by atoms with E-state index in [2.05, 4.69) is 6.08 Å². The normalized spacial score (nSPS) is 27.1. The first-order valence-electron chi connectivity index (χ1n) is 11.4. The number of para-hydroxylation sites is 1. The summed E-state index contributed by atoms with van der Waals surface area (Å²) in [6, 6.07) is 9.53. The molecule has 3 rings (SSSR count). The Hall–Kier alpha value is -1.89. The SMILES string of the molecule is CC(C)OC(=O)COC[C@H]1CC[C@H]2[C@H](CC[C@@H]2/C=C/[C@@H](O)COc2ccccc2)OC1. The van der Waals surface area contributed by atoms with Gasteiger partial charge < -0.3 is 24.1 Å². The highest BCUT2D eigenvalue weighted by Gasteiger charge is 2.37. The molecule has 0 aromatic heterocycles. The fourth-order valence-corrected chi connectivity index (χ4v) is 4.44. The van der Waals surface area contributed by atoms with E-state index in [1.165, 1.54) is 0 Å². The minimum atomic E-state index is -0.627. The van der Waals surface area contributed by atoms with Crippen LogP contribution in [0, 0.1) is 17.8 Å². The number of rotatable bonds is 10. The minimum absolute atomic E-state index is 0.00413. The lowest BCUT2D eigenvalue weighted by molar-refractivity contribution is -0.153.